The van der Waals surface area contributed by atoms with Gasteiger partial charge < -0.3 is 5.32 Å². The van der Waals surface area contributed by atoms with Crippen molar-refractivity contribution in [2.75, 3.05) is 5.88 Å². The lowest BCUT2D eigenvalue weighted by molar-refractivity contribution is 0.0872. The smallest absolute Gasteiger partial charge is 0.253 e. The molecule has 0 atom stereocenters. The summed E-state index contributed by atoms with van der Waals surface area (Å²) in [7, 11) is 0. The van der Waals surface area contributed by atoms with E-state index in [-0.39, 0.29) is 11.4 Å². The highest BCUT2D eigenvalue weighted by molar-refractivity contribution is 6.33. The fourth-order valence-corrected chi connectivity index (χ4v) is 3.01. The Labute approximate surface area is 123 Å². The molecular formula is C14H18Cl2N2O. The fourth-order valence-electron chi connectivity index (χ4n) is 2.47. The normalized spacial score (nSPS) is 27.0. The molecule has 1 amide bonds. The second-order valence-corrected chi connectivity index (χ2v) is 6.08. The van der Waals surface area contributed by atoms with Crippen LogP contribution in [0.4, 0.5) is 0 Å². The first-order chi connectivity index (χ1) is 9.06. The van der Waals surface area contributed by atoms with Crippen molar-refractivity contribution in [2.45, 2.75) is 38.1 Å². The SMILES string of the molecule is CC1CCC(CCl)(NC(=O)c2ccncc2Cl)CC1. The first-order valence-electron chi connectivity index (χ1n) is 6.54. The summed E-state index contributed by atoms with van der Waals surface area (Å²) in [5, 5.41) is 3.45. The predicted molar refractivity (Wildman–Crippen MR) is 77.8 cm³/mol. The van der Waals surface area contributed by atoms with Crippen molar-refractivity contribution >= 4 is 29.1 Å². The molecule has 0 radical (unpaired) electrons. The fraction of sp³-hybridized carbons (Fsp3) is 0.571. The Hall–Kier alpha value is -0.800. The first-order valence-corrected chi connectivity index (χ1v) is 7.45. The van der Waals surface area contributed by atoms with E-state index < -0.39 is 0 Å². The molecule has 1 aromatic heterocycles. The summed E-state index contributed by atoms with van der Waals surface area (Å²) in [6.45, 7) is 2.24. The molecule has 1 aliphatic carbocycles. The van der Waals surface area contributed by atoms with E-state index in [1.165, 1.54) is 6.20 Å². The molecule has 1 aromatic rings. The Morgan fingerprint density at radius 1 is 1.53 bits per heavy atom. The van der Waals surface area contributed by atoms with Gasteiger partial charge in [0.15, 0.2) is 0 Å². The summed E-state index contributed by atoms with van der Waals surface area (Å²) in [5.74, 6) is 0.981. The highest BCUT2D eigenvalue weighted by atomic mass is 35.5. The second kappa shape index (κ2) is 6.10. The molecule has 2 rings (SSSR count). The zero-order chi connectivity index (χ0) is 13.9. The molecule has 0 bridgehead atoms. The highest BCUT2D eigenvalue weighted by Crippen LogP contribution is 2.33. The zero-order valence-electron chi connectivity index (χ0n) is 11.0. The van der Waals surface area contributed by atoms with Gasteiger partial charge in [-0.05, 0) is 37.7 Å². The summed E-state index contributed by atoms with van der Waals surface area (Å²) in [4.78, 5) is 16.2. The van der Waals surface area contributed by atoms with Crippen LogP contribution in [0, 0.1) is 5.92 Å². The Morgan fingerprint density at radius 3 is 2.79 bits per heavy atom. The van der Waals surface area contributed by atoms with Crippen LogP contribution in [0.25, 0.3) is 0 Å². The third kappa shape index (κ3) is 3.40. The van der Waals surface area contributed by atoms with Crippen LogP contribution in [-0.2, 0) is 0 Å². The van der Waals surface area contributed by atoms with Crippen LogP contribution >= 0.6 is 23.2 Å². The van der Waals surface area contributed by atoms with Crippen LogP contribution in [0.5, 0.6) is 0 Å². The van der Waals surface area contributed by atoms with Gasteiger partial charge in [-0.3, -0.25) is 9.78 Å². The largest absolute Gasteiger partial charge is 0.345 e. The van der Waals surface area contributed by atoms with Gasteiger partial charge in [0.25, 0.3) is 5.91 Å². The number of halogens is 2. The molecule has 1 fully saturated rings. The summed E-state index contributed by atoms with van der Waals surface area (Å²) >= 11 is 12.1. The molecule has 0 saturated heterocycles. The Bertz CT molecular complexity index is 457. The van der Waals surface area contributed by atoms with Crippen LogP contribution in [0.2, 0.25) is 5.02 Å². The molecule has 0 aliphatic heterocycles. The highest BCUT2D eigenvalue weighted by Gasteiger charge is 2.35. The van der Waals surface area contributed by atoms with Gasteiger partial charge >= 0.3 is 0 Å². The number of amides is 1. The van der Waals surface area contributed by atoms with Crippen LogP contribution in [0.15, 0.2) is 18.5 Å². The average molecular weight is 301 g/mol. The van der Waals surface area contributed by atoms with E-state index in [1.807, 2.05) is 0 Å². The van der Waals surface area contributed by atoms with Gasteiger partial charge in [0.2, 0.25) is 0 Å². The predicted octanol–water partition coefficient (Wildman–Crippen LogP) is 3.65. The Kier molecular flexibility index (Phi) is 4.69. The van der Waals surface area contributed by atoms with Gasteiger partial charge in [-0.25, -0.2) is 0 Å². The lowest BCUT2D eigenvalue weighted by atomic mass is 9.78. The van der Waals surface area contributed by atoms with Gasteiger partial charge in [-0.1, -0.05) is 18.5 Å². The van der Waals surface area contributed by atoms with E-state index in [4.69, 9.17) is 23.2 Å². The molecule has 1 heterocycles. The number of hydrogen-bond donors (Lipinski definition) is 1. The molecule has 104 valence electrons. The lowest BCUT2D eigenvalue weighted by Gasteiger charge is -2.38. The molecule has 0 spiro atoms. The molecule has 3 nitrogen and oxygen atoms in total. The van der Waals surface area contributed by atoms with Crippen LogP contribution < -0.4 is 5.32 Å². The Morgan fingerprint density at radius 2 is 2.21 bits per heavy atom. The van der Waals surface area contributed by atoms with Crippen LogP contribution in [0.1, 0.15) is 43.0 Å². The molecular weight excluding hydrogens is 283 g/mol. The van der Waals surface area contributed by atoms with Crippen molar-refractivity contribution in [1.82, 2.24) is 10.3 Å². The van der Waals surface area contributed by atoms with Crippen molar-refractivity contribution < 1.29 is 4.79 Å². The standard InChI is InChI=1S/C14H18Cl2N2O/c1-10-2-5-14(9-15,6-3-10)18-13(19)11-4-7-17-8-12(11)16/h4,7-8,10H,2-3,5-6,9H2,1H3,(H,18,19). The van der Waals surface area contributed by atoms with Gasteiger partial charge in [-0.15, -0.1) is 11.6 Å². The maximum Gasteiger partial charge on any atom is 0.253 e. The van der Waals surface area contributed by atoms with E-state index in [2.05, 4.69) is 17.2 Å². The summed E-state index contributed by atoms with van der Waals surface area (Å²) in [5.41, 5.74) is 0.164. The first kappa shape index (κ1) is 14.6. The third-order valence-electron chi connectivity index (χ3n) is 3.88. The number of aromatic nitrogens is 1. The number of rotatable bonds is 3. The lowest BCUT2D eigenvalue weighted by Crippen LogP contribution is -2.52. The van der Waals surface area contributed by atoms with E-state index in [0.717, 1.165) is 25.7 Å². The number of nitrogens with one attached hydrogen (secondary N) is 1. The quantitative estimate of drug-likeness (QED) is 0.866. The number of carbonyl (C=O) groups is 1. The van der Waals surface area contributed by atoms with Crippen LogP contribution in [0.3, 0.4) is 0 Å². The minimum Gasteiger partial charge on any atom is -0.345 e. The number of alkyl halides is 1. The second-order valence-electron chi connectivity index (χ2n) is 5.41. The molecule has 1 N–H and O–H groups in total. The topological polar surface area (TPSA) is 42.0 Å². The summed E-state index contributed by atoms with van der Waals surface area (Å²) in [6.07, 6.45) is 7.08. The van der Waals surface area contributed by atoms with E-state index in [9.17, 15) is 4.79 Å². The van der Waals surface area contributed by atoms with Gasteiger partial charge in [0, 0.05) is 18.3 Å². The average Bonchev–Trinajstić information content (AvgIpc) is 2.42. The number of pyridine rings is 1. The van der Waals surface area contributed by atoms with Gasteiger partial charge in [0.05, 0.1) is 16.1 Å². The zero-order valence-corrected chi connectivity index (χ0v) is 12.5. The number of nitrogens with zero attached hydrogens (tertiary/aromatic N) is 1. The monoisotopic (exact) mass is 300 g/mol. The van der Waals surface area contributed by atoms with Crippen molar-refractivity contribution in [3.8, 4) is 0 Å². The molecule has 1 aliphatic rings. The van der Waals surface area contributed by atoms with E-state index in [0.29, 0.717) is 22.4 Å². The van der Waals surface area contributed by atoms with E-state index >= 15 is 0 Å². The van der Waals surface area contributed by atoms with Crippen molar-refractivity contribution in [1.29, 1.82) is 0 Å². The maximum atomic E-state index is 12.3. The van der Waals surface area contributed by atoms with Crippen molar-refractivity contribution in [3.63, 3.8) is 0 Å². The van der Waals surface area contributed by atoms with Crippen LogP contribution in [-0.4, -0.2) is 22.3 Å². The molecule has 5 heteroatoms. The van der Waals surface area contributed by atoms with Gasteiger partial charge in [0.1, 0.15) is 0 Å². The maximum absolute atomic E-state index is 12.3. The minimum atomic E-state index is -0.294. The Balaban J connectivity index is 2.11. The minimum absolute atomic E-state index is 0.164. The molecule has 1 saturated carbocycles. The summed E-state index contributed by atoms with van der Waals surface area (Å²) in [6, 6.07) is 1.63. The number of hydrogen-bond acceptors (Lipinski definition) is 2. The van der Waals surface area contributed by atoms with Crippen molar-refractivity contribution in [2.24, 2.45) is 5.92 Å². The molecule has 0 unspecified atom stereocenters. The molecule has 0 aromatic carbocycles. The molecule has 19 heavy (non-hydrogen) atoms. The van der Waals surface area contributed by atoms with E-state index in [1.54, 1.807) is 12.3 Å². The third-order valence-corrected chi connectivity index (χ3v) is 4.70. The van der Waals surface area contributed by atoms with Gasteiger partial charge in [-0.2, -0.15) is 0 Å². The van der Waals surface area contributed by atoms with Crippen molar-refractivity contribution in [3.05, 3.63) is 29.0 Å². The summed E-state index contributed by atoms with van der Waals surface area (Å²) < 4.78 is 0. The number of carbonyl (C=O) groups excluding carboxylic acids is 1.